The minimum Gasteiger partial charge on any atom is -0.453 e. The lowest BCUT2D eigenvalue weighted by Crippen LogP contribution is -2.16. The van der Waals surface area contributed by atoms with E-state index in [0.29, 0.717) is 10.8 Å². The molecule has 0 saturated carbocycles. The number of amides is 1. The van der Waals surface area contributed by atoms with Gasteiger partial charge in [-0.2, -0.15) is 0 Å². The Morgan fingerprint density at radius 2 is 2.22 bits per heavy atom. The van der Waals surface area contributed by atoms with Crippen LogP contribution in [0.4, 0.5) is 4.79 Å². The monoisotopic (exact) mass is 269 g/mol. The zero-order valence-electron chi connectivity index (χ0n) is 9.68. The molecule has 1 aromatic rings. The first kappa shape index (κ1) is 14.1. The Balaban J connectivity index is 2.36. The maximum atomic E-state index is 11.4. The van der Waals surface area contributed by atoms with Crippen molar-refractivity contribution in [3.05, 3.63) is 41.6 Å². The van der Waals surface area contributed by atoms with Crippen LogP contribution in [0.1, 0.15) is 6.42 Å². The molecule has 96 valence electrons. The molecule has 0 atom stereocenters. The Labute approximate surface area is 109 Å². The van der Waals surface area contributed by atoms with E-state index >= 15 is 0 Å². The van der Waals surface area contributed by atoms with Crippen LogP contribution < -0.4 is 10.1 Å². The van der Waals surface area contributed by atoms with E-state index in [0.717, 1.165) is 0 Å². The summed E-state index contributed by atoms with van der Waals surface area (Å²) >= 11 is 5.74. The first-order valence-electron chi connectivity index (χ1n) is 5.07. The van der Waals surface area contributed by atoms with Gasteiger partial charge in [-0.1, -0.05) is 23.7 Å². The van der Waals surface area contributed by atoms with Gasteiger partial charge in [0.25, 0.3) is 0 Å². The molecule has 0 bridgehead atoms. The smallest absolute Gasteiger partial charge is 0.410 e. The molecule has 0 heterocycles. The largest absolute Gasteiger partial charge is 0.453 e. The van der Waals surface area contributed by atoms with E-state index in [1.54, 1.807) is 18.2 Å². The number of benzene rings is 1. The zero-order chi connectivity index (χ0) is 13.4. The second kappa shape index (κ2) is 7.34. The van der Waals surface area contributed by atoms with E-state index in [1.807, 2.05) is 0 Å². The van der Waals surface area contributed by atoms with Crippen LogP contribution in [0.5, 0.6) is 5.75 Å². The van der Waals surface area contributed by atoms with Crippen LogP contribution in [0, 0.1) is 0 Å². The topological polar surface area (TPSA) is 64.6 Å². The molecule has 0 unspecified atom stereocenters. The molecule has 0 spiro atoms. The lowest BCUT2D eigenvalue weighted by atomic mass is 10.3. The molecular formula is C12H12ClNO4. The Bertz CT molecular complexity index is 459. The van der Waals surface area contributed by atoms with Gasteiger partial charge in [0.05, 0.1) is 13.5 Å². The fraction of sp³-hybridized carbons (Fsp3) is 0.167. The number of halogens is 1. The van der Waals surface area contributed by atoms with E-state index in [1.165, 1.54) is 25.5 Å². The van der Waals surface area contributed by atoms with Crippen LogP contribution >= 0.6 is 11.6 Å². The summed E-state index contributed by atoms with van der Waals surface area (Å²) < 4.78 is 9.34. The number of hydrogen-bond donors (Lipinski definition) is 1. The van der Waals surface area contributed by atoms with E-state index in [9.17, 15) is 9.59 Å². The fourth-order valence-corrected chi connectivity index (χ4v) is 1.22. The highest BCUT2D eigenvalue weighted by atomic mass is 35.5. The van der Waals surface area contributed by atoms with Gasteiger partial charge in [-0.3, -0.25) is 10.1 Å². The molecule has 1 rings (SSSR count). The number of esters is 1. The highest BCUT2D eigenvalue weighted by Gasteiger charge is 2.02. The zero-order valence-corrected chi connectivity index (χ0v) is 10.4. The maximum Gasteiger partial charge on any atom is 0.410 e. The van der Waals surface area contributed by atoms with Crippen LogP contribution in [-0.4, -0.2) is 19.2 Å². The molecule has 1 aromatic carbocycles. The maximum absolute atomic E-state index is 11.4. The third-order valence-corrected chi connectivity index (χ3v) is 2.05. The lowest BCUT2D eigenvalue weighted by molar-refractivity contribution is -0.133. The summed E-state index contributed by atoms with van der Waals surface area (Å²) in [4.78, 5) is 22.0. The fourth-order valence-electron chi connectivity index (χ4n) is 1.04. The van der Waals surface area contributed by atoms with Crippen LogP contribution in [0.15, 0.2) is 36.5 Å². The molecule has 0 radical (unpaired) electrons. The van der Waals surface area contributed by atoms with Crippen LogP contribution in [0.25, 0.3) is 0 Å². The van der Waals surface area contributed by atoms with Crippen molar-refractivity contribution >= 4 is 23.7 Å². The standard InChI is InChI=1S/C12H12ClNO4/c1-17-12(16)14-7-3-6-11(15)18-10-5-2-4-9(13)8-10/h2-5,7-8H,6H2,1H3,(H,14,16)/b7-3+. The summed E-state index contributed by atoms with van der Waals surface area (Å²) in [6.07, 6.45) is 2.18. The Morgan fingerprint density at radius 3 is 2.89 bits per heavy atom. The number of carbonyl (C=O) groups is 2. The van der Waals surface area contributed by atoms with Crippen molar-refractivity contribution in [2.75, 3.05) is 7.11 Å². The van der Waals surface area contributed by atoms with Crippen LogP contribution in [-0.2, 0) is 9.53 Å². The average molecular weight is 270 g/mol. The highest BCUT2D eigenvalue weighted by Crippen LogP contribution is 2.17. The normalized spacial score (nSPS) is 10.1. The summed E-state index contributed by atoms with van der Waals surface area (Å²) in [5.41, 5.74) is 0. The van der Waals surface area contributed by atoms with Crippen molar-refractivity contribution in [3.8, 4) is 5.75 Å². The van der Waals surface area contributed by atoms with Crippen molar-refractivity contribution < 1.29 is 19.1 Å². The summed E-state index contributed by atoms with van der Waals surface area (Å²) in [5.74, 6) is -0.0815. The van der Waals surface area contributed by atoms with Gasteiger partial charge in [0.2, 0.25) is 0 Å². The van der Waals surface area contributed by atoms with Gasteiger partial charge in [0.1, 0.15) is 5.75 Å². The minimum absolute atomic E-state index is 0.0243. The molecule has 0 saturated heterocycles. The van der Waals surface area contributed by atoms with Crippen molar-refractivity contribution in [2.45, 2.75) is 6.42 Å². The quantitative estimate of drug-likeness (QED) is 0.674. The van der Waals surface area contributed by atoms with E-state index in [-0.39, 0.29) is 6.42 Å². The average Bonchev–Trinajstić information content (AvgIpc) is 2.34. The molecule has 6 heteroatoms. The van der Waals surface area contributed by atoms with Gasteiger partial charge in [0.15, 0.2) is 0 Å². The number of hydrogen-bond acceptors (Lipinski definition) is 4. The van der Waals surface area contributed by atoms with Gasteiger partial charge in [-0.05, 0) is 18.2 Å². The molecule has 0 aliphatic carbocycles. The first-order chi connectivity index (χ1) is 8.61. The molecule has 0 aliphatic rings. The number of nitrogens with one attached hydrogen (secondary N) is 1. The van der Waals surface area contributed by atoms with Gasteiger partial charge in [0, 0.05) is 11.2 Å². The van der Waals surface area contributed by atoms with Crippen molar-refractivity contribution in [1.82, 2.24) is 5.32 Å². The molecule has 5 nitrogen and oxygen atoms in total. The minimum atomic E-state index is -0.602. The molecule has 0 fully saturated rings. The molecular weight excluding hydrogens is 258 g/mol. The third-order valence-electron chi connectivity index (χ3n) is 1.82. The predicted octanol–water partition coefficient (Wildman–Crippen LogP) is 2.51. The number of ether oxygens (including phenoxy) is 2. The molecule has 0 aromatic heterocycles. The second-order valence-electron chi connectivity index (χ2n) is 3.17. The van der Waals surface area contributed by atoms with Gasteiger partial charge in [-0.25, -0.2) is 4.79 Å². The summed E-state index contributed by atoms with van der Waals surface area (Å²) in [5, 5.41) is 2.78. The molecule has 1 N–H and O–H groups in total. The van der Waals surface area contributed by atoms with Crippen LogP contribution in [0.3, 0.4) is 0 Å². The number of methoxy groups -OCH3 is 1. The van der Waals surface area contributed by atoms with Crippen molar-refractivity contribution in [2.24, 2.45) is 0 Å². The molecule has 0 aliphatic heterocycles. The predicted molar refractivity (Wildman–Crippen MR) is 66.4 cm³/mol. The highest BCUT2D eigenvalue weighted by molar-refractivity contribution is 6.30. The molecule has 18 heavy (non-hydrogen) atoms. The van der Waals surface area contributed by atoms with E-state index < -0.39 is 12.1 Å². The molecule has 1 amide bonds. The van der Waals surface area contributed by atoms with E-state index in [2.05, 4.69) is 10.1 Å². The number of alkyl carbamates (subject to hydrolysis) is 1. The Kier molecular flexibility index (Phi) is 5.73. The lowest BCUT2D eigenvalue weighted by Gasteiger charge is -2.02. The van der Waals surface area contributed by atoms with Gasteiger partial charge >= 0.3 is 12.1 Å². The summed E-state index contributed by atoms with van der Waals surface area (Å²) in [6.45, 7) is 0. The van der Waals surface area contributed by atoms with Gasteiger partial charge < -0.3 is 9.47 Å². The first-order valence-corrected chi connectivity index (χ1v) is 5.45. The SMILES string of the molecule is COC(=O)N/C=C/CC(=O)Oc1cccc(Cl)c1. The number of carbonyl (C=O) groups excluding carboxylic acids is 2. The Hall–Kier alpha value is -2.01. The van der Waals surface area contributed by atoms with Crippen LogP contribution in [0.2, 0.25) is 5.02 Å². The summed E-state index contributed by atoms with van der Waals surface area (Å²) in [7, 11) is 1.25. The van der Waals surface area contributed by atoms with Crippen molar-refractivity contribution in [1.29, 1.82) is 0 Å². The third kappa shape index (κ3) is 5.36. The summed E-state index contributed by atoms with van der Waals surface area (Å²) in [6, 6.07) is 6.52. The second-order valence-corrected chi connectivity index (χ2v) is 3.61. The number of rotatable bonds is 4. The van der Waals surface area contributed by atoms with Crippen molar-refractivity contribution in [3.63, 3.8) is 0 Å². The Morgan fingerprint density at radius 1 is 1.44 bits per heavy atom. The van der Waals surface area contributed by atoms with Gasteiger partial charge in [-0.15, -0.1) is 0 Å². The van der Waals surface area contributed by atoms with E-state index in [4.69, 9.17) is 16.3 Å².